The second kappa shape index (κ2) is 9.39. The second-order valence-corrected chi connectivity index (χ2v) is 6.94. The molecule has 0 unspecified atom stereocenters. The van der Waals surface area contributed by atoms with Crippen LogP contribution in [0.5, 0.6) is 0 Å². The van der Waals surface area contributed by atoms with Gasteiger partial charge in [-0.1, -0.05) is 12.1 Å². The zero-order valence-corrected chi connectivity index (χ0v) is 16.5. The van der Waals surface area contributed by atoms with Crippen molar-refractivity contribution in [1.29, 1.82) is 0 Å². The van der Waals surface area contributed by atoms with Gasteiger partial charge in [-0.2, -0.15) is 0 Å². The summed E-state index contributed by atoms with van der Waals surface area (Å²) in [5, 5.41) is 2.96. The fourth-order valence-corrected chi connectivity index (χ4v) is 2.86. The van der Waals surface area contributed by atoms with Crippen LogP contribution in [0.3, 0.4) is 0 Å². The molecular formula is C22H30N2O2. The minimum Gasteiger partial charge on any atom is -0.374 e. The summed E-state index contributed by atoms with van der Waals surface area (Å²) in [4.78, 5) is 14.8. The van der Waals surface area contributed by atoms with Crippen LogP contribution in [0.25, 0.3) is 0 Å². The number of rotatable bonds is 8. The zero-order valence-electron chi connectivity index (χ0n) is 16.5. The standard InChI is InChI=1S/C22H30N2O2/c1-6-24(16(2)3)21-12-10-19(11-13-21)22(25)23-20-9-7-8-18(14-20)15-26-17(4)5/h7-14,16-17H,6,15H2,1-5H3,(H,23,25). The lowest BCUT2D eigenvalue weighted by atomic mass is 10.1. The van der Waals surface area contributed by atoms with Gasteiger partial charge in [0.25, 0.3) is 5.91 Å². The SMILES string of the molecule is CCN(c1ccc(C(=O)Nc2cccc(COC(C)C)c2)cc1)C(C)C. The minimum absolute atomic E-state index is 0.105. The third-order valence-corrected chi connectivity index (χ3v) is 4.19. The lowest BCUT2D eigenvalue weighted by molar-refractivity contribution is 0.0657. The van der Waals surface area contributed by atoms with E-state index in [0.29, 0.717) is 18.2 Å². The summed E-state index contributed by atoms with van der Waals surface area (Å²) in [5.41, 5.74) is 3.60. The highest BCUT2D eigenvalue weighted by Crippen LogP contribution is 2.19. The molecule has 0 saturated heterocycles. The average molecular weight is 354 g/mol. The van der Waals surface area contributed by atoms with Gasteiger partial charge < -0.3 is 15.0 Å². The maximum Gasteiger partial charge on any atom is 0.255 e. The van der Waals surface area contributed by atoms with E-state index in [1.165, 1.54) is 0 Å². The third-order valence-electron chi connectivity index (χ3n) is 4.19. The summed E-state index contributed by atoms with van der Waals surface area (Å²) >= 11 is 0. The molecule has 0 fully saturated rings. The summed E-state index contributed by atoms with van der Waals surface area (Å²) in [7, 11) is 0. The summed E-state index contributed by atoms with van der Waals surface area (Å²) in [6, 6.07) is 16.0. The van der Waals surface area contributed by atoms with Crippen molar-refractivity contribution in [3.63, 3.8) is 0 Å². The Morgan fingerprint density at radius 2 is 1.77 bits per heavy atom. The number of hydrogen-bond donors (Lipinski definition) is 1. The predicted molar refractivity (Wildman–Crippen MR) is 109 cm³/mol. The molecule has 0 atom stereocenters. The molecule has 26 heavy (non-hydrogen) atoms. The van der Waals surface area contributed by atoms with E-state index in [0.717, 1.165) is 23.5 Å². The lowest BCUT2D eigenvalue weighted by Crippen LogP contribution is -2.30. The van der Waals surface area contributed by atoms with Crippen LogP contribution in [0.1, 0.15) is 50.5 Å². The molecule has 0 aliphatic rings. The second-order valence-electron chi connectivity index (χ2n) is 6.94. The number of carbonyl (C=O) groups excluding carboxylic acids is 1. The predicted octanol–water partition coefficient (Wildman–Crippen LogP) is 5.10. The van der Waals surface area contributed by atoms with E-state index in [1.54, 1.807) is 0 Å². The van der Waals surface area contributed by atoms with Gasteiger partial charge in [-0.3, -0.25) is 4.79 Å². The highest BCUT2D eigenvalue weighted by atomic mass is 16.5. The van der Waals surface area contributed by atoms with Gasteiger partial charge in [0.15, 0.2) is 0 Å². The molecule has 2 aromatic rings. The molecule has 0 radical (unpaired) electrons. The topological polar surface area (TPSA) is 41.6 Å². The Morgan fingerprint density at radius 3 is 2.35 bits per heavy atom. The van der Waals surface area contributed by atoms with Crippen molar-refractivity contribution < 1.29 is 9.53 Å². The van der Waals surface area contributed by atoms with Gasteiger partial charge in [0.05, 0.1) is 12.7 Å². The highest BCUT2D eigenvalue weighted by Gasteiger charge is 2.11. The van der Waals surface area contributed by atoms with Gasteiger partial charge in [0.2, 0.25) is 0 Å². The molecule has 1 N–H and O–H groups in total. The molecule has 2 rings (SSSR count). The lowest BCUT2D eigenvalue weighted by Gasteiger charge is -2.27. The highest BCUT2D eigenvalue weighted by molar-refractivity contribution is 6.04. The first-order valence-electron chi connectivity index (χ1n) is 9.29. The zero-order chi connectivity index (χ0) is 19.1. The van der Waals surface area contributed by atoms with Crippen molar-refractivity contribution in [2.24, 2.45) is 0 Å². The largest absolute Gasteiger partial charge is 0.374 e. The van der Waals surface area contributed by atoms with Crippen LogP contribution in [0.4, 0.5) is 11.4 Å². The number of amides is 1. The number of carbonyl (C=O) groups is 1. The van der Waals surface area contributed by atoms with Gasteiger partial charge in [0.1, 0.15) is 0 Å². The summed E-state index contributed by atoms with van der Waals surface area (Å²) in [5.74, 6) is -0.105. The molecule has 2 aromatic carbocycles. The van der Waals surface area contributed by atoms with Crippen molar-refractivity contribution in [3.05, 3.63) is 59.7 Å². The Kier molecular flexibility index (Phi) is 7.22. The molecule has 140 valence electrons. The molecule has 4 nitrogen and oxygen atoms in total. The van der Waals surface area contributed by atoms with Crippen molar-refractivity contribution >= 4 is 17.3 Å². The smallest absolute Gasteiger partial charge is 0.255 e. The number of ether oxygens (including phenoxy) is 1. The van der Waals surface area contributed by atoms with E-state index in [1.807, 2.05) is 62.4 Å². The molecule has 0 saturated carbocycles. The van der Waals surface area contributed by atoms with E-state index in [4.69, 9.17) is 4.74 Å². The van der Waals surface area contributed by atoms with Crippen LogP contribution in [0.2, 0.25) is 0 Å². The van der Waals surface area contributed by atoms with Crippen LogP contribution in [-0.4, -0.2) is 24.6 Å². The molecule has 0 heterocycles. The fraction of sp³-hybridized carbons (Fsp3) is 0.409. The molecule has 0 spiro atoms. The quantitative estimate of drug-likeness (QED) is 0.717. The van der Waals surface area contributed by atoms with E-state index < -0.39 is 0 Å². The number of nitrogens with one attached hydrogen (secondary N) is 1. The van der Waals surface area contributed by atoms with Crippen molar-refractivity contribution in [3.8, 4) is 0 Å². The fourth-order valence-electron chi connectivity index (χ4n) is 2.86. The monoisotopic (exact) mass is 354 g/mol. The van der Waals surface area contributed by atoms with Crippen LogP contribution in [-0.2, 0) is 11.3 Å². The summed E-state index contributed by atoms with van der Waals surface area (Å²) in [6.07, 6.45) is 0.181. The summed E-state index contributed by atoms with van der Waals surface area (Å²) in [6.45, 7) is 12.0. The van der Waals surface area contributed by atoms with E-state index in [-0.39, 0.29) is 12.0 Å². The average Bonchev–Trinajstić information content (AvgIpc) is 2.61. The Balaban J connectivity index is 2.04. The number of nitrogens with zero attached hydrogens (tertiary/aromatic N) is 1. The van der Waals surface area contributed by atoms with Crippen LogP contribution < -0.4 is 10.2 Å². The van der Waals surface area contributed by atoms with Crippen molar-refractivity contribution in [2.75, 3.05) is 16.8 Å². The van der Waals surface area contributed by atoms with Gasteiger partial charge in [0, 0.05) is 29.5 Å². The Bertz CT molecular complexity index is 708. The molecule has 1 amide bonds. The van der Waals surface area contributed by atoms with Crippen molar-refractivity contribution in [2.45, 2.75) is 53.4 Å². The van der Waals surface area contributed by atoms with E-state index >= 15 is 0 Å². The number of hydrogen-bond acceptors (Lipinski definition) is 3. The van der Waals surface area contributed by atoms with Crippen LogP contribution in [0, 0.1) is 0 Å². The first-order valence-corrected chi connectivity index (χ1v) is 9.29. The molecular weight excluding hydrogens is 324 g/mol. The van der Waals surface area contributed by atoms with E-state index in [9.17, 15) is 4.79 Å². The van der Waals surface area contributed by atoms with Gasteiger partial charge in [-0.25, -0.2) is 0 Å². The molecule has 0 aromatic heterocycles. The van der Waals surface area contributed by atoms with Gasteiger partial charge in [-0.15, -0.1) is 0 Å². The van der Waals surface area contributed by atoms with Gasteiger partial charge in [-0.05, 0) is 76.6 Å². The molecule has 0 aliphatic carbocycles. The molecule has 0 aliphatic heterocycles. The van der Waals surface area contributed by atoms with Gasteiger partial charge >= 0.3 is 0 Å². The maximum absolute atomic E-state index is 12.5. The molecule has 0 bridgehead atoms. The first kappa shape index (κ1) is 20.0. The van der Waals surface area contributed by atoms with Crippen molar-refractivity contribution in [1.82, 2.24) is 0 Å². The normalized spacial score (nSPS) is 11.0. The molecule has 4 heteroatoms. The first-order chi connectivity index (χ1) is 12.4. The van der Waals surface area contributed by atoms with E-state index in [2.05, 4.69) is 31.0 Å². The Labute approximate surface area is 157 Å². The van der Waals surface area contributed by atoms with Crippen LogP contribution >= 0.6 is 0 Å². The number of benzene rings is 2. The Hall–Kier alpha value is -2.33. The third kappa shape index (κ3) is 5.60. The Morgan fingerprint density at radius 1 is 1.08 bits per heavy atom. The maximum atomic E-state index is 12.5. The summed E-state index contributed by atoms with van der Waals surface area (Å²) < 4.78 is 5.62. The minimum atomic E-state index is -0.105. The van der Waals surface area contributed by atoms with Crippen LogP contribution in [0.15, 0.2) is 48.5 Å². The number of anilines is 2.